The second-order valence-corrected chi connectivity index (χ2v) is 5.96. The van der Waals surface area contributed by atoms with Gasteiger partial charge in [0.25, 0.3) is 5.91 Å². The van der Waals surface area contributed by atoms with Crippen LogP contribution in [0.25, 0.3) is 0 Å². The quantitative estimate of drug-likeness (QED) is 0.889. The highest BCUT2D eigenvalue weighted by atomic mass is 32.1. The number of carbonyl (C=O) groups is 2. The molecular weight excluding hydrogens is 318 g/mol. The molecule has 2 aromatic rings. The molecule has 120 valence electrons. The number of hydrogen-bond donors (Lipinski definition) is 2. The average molecular weight is 333 g/mol. The topological polar surface area (TPSA) is 89.4 Å². The van der Waals surface area contributed by atoms with Crippen molar-refractivity contribution in [2.45, 2.75) is 19.9 Å². The van der Waals surface area contributed by atoms with Crippen molar-refractivity contribution in [3.05, 3.63) is 38.9 Å². The fourth-order valence-electron chi connectivity index (χ4n) is 2.27. The summed E-state index contributed by atoms with van der Waals surface area (Å²) < 4.78 is 6.83. The third-order valence-corrected chi connectivity index (χ3v) is 4.32. The van der Waals surface area contributed by atoms with Gasteiger partial charge in [0.1, 0.15) is 5.75 Å². The lowest BCUT2D eigenvalue weighted by molar-refractivity contribution is -0.118. The van der Waals surface area contributed by atoms with E-state index in [1.165, 1.54) is 0 Å². The summed E-state index contributed by atoms with van der Waals surface area (Å²) in [5.41, 5.74) is 1.94. The van der Waals surface area contributed by atoms with Gasteiger partial charge in [0.2, 0.25) is 5.91 Å². The van der Waals surface area contributed by atoms with Gasteiger partial charge in [-0.05, 0) is 25.1 Å². The van der Waals surface area contributed by atoms with E-state index in [0.29, 0.717) is 23.7 Å². The Bertz CT molecular complexity index is 824. The Morgan fingerprint density at radius 1 is 1.43 bits per heavy atom. The Morgan fingerprint density at radius 2 is 2.26 bits per heavy atom. The van der Waals surface area contributed by atoms with Crippen molar-refractivity contribution in [2.75, 3.05) is 17.2 Å². The van der Waals surface area contributed by atoms with E-state index in [1.807, 2.05) is 6.92 Å². The van der Waals surface area contributed by atoms with E-state index < -0.39 is 0 Å². The molecule has 0 fully saturated rings. The Labute approximate surface area is 135 Å². The Kier molecular flexibility index (Phi) is 4.16. The maximum absolute atomic E-state index is 12.0. The smallest absolute Gasteiger partial charge is 0.307 e. The number of amides is 2. The summed E-state index contributed by atoms with van der Waals surface area (Å²) in [5.74, 6) is 0.141. The maximum Gasteiger partial charge on any atom is 0.307 e. The predicted molar refractivity (Wildman–Crippen MR) is 87.1 cm³/mol. The molecule has 0 atom stereocenters. The van der Waals surface area contributed by atoms with Crippen molar-refractivity contribution in [3.63, 3.8) is 0 Å². The first-order valence-corrected chi connectivity index (χ1v) is 7.92. The van der Waals surface area contributed by atoms with Crippen LogP contribution in [0.2, 0.25) is 0 Å². The second-order valence-electron chi connectivity index (χ2n) is 5.14. The third kappa shape index (κ3) is 3.42. The molecule has 7 nitrogen and oxygen atoms in total. The largest absolute Gasteiger partial charge is 0.482 e. The number of hydrogen-bond acceptors (Lipinski definition) is 5. The number of rotatable bonds is 4. The van der Waals surface area contributed by atoms with Gasteiger partial charge in [-0.1, -0.05) is 11.3 Å². The standard InChI is InChI=1S/C15H15N3O4S/c1-9-8-23-15(21)18(9)5-4-13(19)16-10-2-3-12-11(6-10)17-14(20)7-22-12/h2-3,6,8H,4-5,7H2,1H3,(H,16,19)(H,17,20). The molecule has 2 heterocycles. The molecule has 2 amide bonds. The lowest BCUT2D eigenvalue weighted by Crippen LogP contribution is -2.25. The second kappa shape index (κ2) is 6.25. The summed E-state index contributed by atoms with van der Waals surface area (Å²) in [4.78, 5) is 34.9. The van der Waals surface area contributed by atoms with Crippen LogP contribution < -0.4 is 20.2 Å². The number of aryl methyl sites for hydroxylation is 1. The molecule has 1 aromatic carbocycles. The molecule has 3 rings (SSSR count). The summed E-state index contributed by atoms with van der Waals surface area (Å²) in [6.45, 7) is 2.17. The lowest BCUT2D eigenvalue weighted by Gasteiger charge is -2.18. The Balaban J connectivity index is 1.63. The number of anilines is 2. The number of carbonyl (C=O) groups excluding carboxylic acids is 2. The van der Waals surface area contributed by atoms with Crippen molar-refractivity contribution >= 4 is 34.5 Å². The van der Waals surface area contributed by atoms with Crippen LogP contribution in [-0.2, 0) is 16.1 Å². The van der Waals surface area contributed by atoms with Crippen LogP contribution >= 0.6 is 11.3 Å². The molecule has 23 heavy (non-hydrogen) atoms. The van der Waals surface area contributed by atoms with Crippen LogP contribution in [0, 0.1) is 6.92 Å². The number of fused-ring (bicyclic) bond motifs is 1. The minimum Gasteiger partial charge on any atom is -0.482 e. The molecule has 2 N–H and O–H groups in total. The number of nitrogens with one attached hydrogen (secondary N) is 2. The van der Waals surface area contributed by atoms with Crippen molar-refractivity contribution < 1.29 is 14.3 Å². The van der Waals surface area contributed by atoms with E-state index in [0.717, 1.165) is 17.0 Å². The molecular formula is C15H15N3O4S. The van der Waals surface area contributed by atoms with E-state index in [-0.39, 0.29) is 29.7 Å². The Hall–Kier alpha value is -2.61. The monoisotopic (exact) mass is 333 g/mol. The molecule has 0 bridgehead atoms. The van der Waals surface area contributed by atoms with E-state index in [2.05, 4.69) is 10.6 Å². The van der Waals surface area contributed by atoms with Crippen LogP contribution in [0.4, 0.5) is 11.4 Å². The van der Waals surface area contributed by atoms with Gasteiger partial charge in [-0.25, -0.2) is 0 Å². The summed E-state index contributed by atoms with van der Waals surface area (Å²) in [6.07, 6.45) is 0.192. The SMILES string of the molecule is Cc1csc(=O)n1CCC(=O)Nc1ccc2c(c1)NC(=O)CO2. The van der Waals surface area contributed by atoms with Crippen LogP contribution in [0.5, 0.6) is 5.75 Å². The Morgan fingerprint density at radius 3 is 3.00 bits per heavy atom. The van der Waals surface area contributed by atoms with Crippen molar-refractivity contribution in [3.8, 4) is 5.75 Å². The molecule has 0 aliphatic carbocycles. The number of aromatic nitrogens is 1. The third-order valence-electron chi connectivity index (χ3n) is 3.44. The first-order chi connectivity index (χ1) is 11.0. The van der Waals surface area contributed by atoms with Gasteiger partial charge in [-0.15, -0.1) is 0 Å². The van der Waals surface area contributed by atoms with Crippen LogP contribution in [0.1, 0.15) is 12.1 Å². The number of benzene rings is 1. The predicted octanol–water partition coefficient (Wildman–Crippen LogP) is 1.58. The molecule has 1 aromatic heterocycles. The van der Waals surface area contributed by atoms with Crippen LogP contribution in [0.15, 0.2) is 28.4 Å². The molecule has 8 heteroatoms. The summed E-state index contributed by atoms with van der Waals surface area (Å²) >= 11 is 1.12. The first-order valence-electron chi connectivity index (χ1n) is 7.04. The highest BCUT2D eigenvalue weighted by Gasteiger charge is 2.16. The first kappa shape index (κ1) is 15.3. The molecule has 0 saturated carbocycles. The van der Waals surface area contributed by atoms with Gasteiger partial charge < -0.3 is 19.9 Å². The van der Waals surface area contributed by atoms with Gasteiger partial charge in [0.05, 0.1) is 5.69 Å². The van der Waals surface area contributed by atoms with Crippen molar-refractivity contribution in [2.24, 2.45) is 0 Å². The van der Waals surface area contributed by atoms with E-state index in [9.17, 15) is 14.4 Å². The van der Waals surface area contributed by atoms with Crippen LogP contribution in [0.3, 0.4) is 0 Å². The minimum absolute atomic E-state index is 0.00650. The van der Waals surface area contributed by atoms with Crippen molar-refractivity contribution in [1.82, 2.24) is 4.57 Å². The van der Waals surface area contributed by atoms with Gasteiger partial charge >= 0.3 is 4.87 Å². The highest BCUT2D eigenvalue weighted by molar-refractivity contribution is 7.07. The summed E-state index contributed by atoms with van der Waals surface area (Å²) in [6, 6.07) is 5.04. The van der Waals surface area contributed by atoms with Crippen molar-refractivity contribution in [1.29, 1.82) is 0 Å². The molecule has 0 unspecified atom stereocenters. The number of nitrogens with zero attached hydrogens (tertiary/aromatic N) is 1. The molecule has 0 saturated heterocycles. The zero-order chi connectivity index (χ0) is 16.4. The summed E-state index contributed by atoms with van der Waals surface area (Å²) in [5, 5.41) is 7.20. The minimum atomic E-state index is -0.228. The maximum atomic E-state index is 12.0. The average Bonchev–Trinajstić information content (AvgIpc) is 2.83. The summed E-state index contributed by atoms with van der Waals surface area (Å²) in [7, 11) is 0. The van der Waals surface area contributed by atoms with E-state index in [4.69, 9.17) is 4.74 Å². The lowest BCUT2D eigenvalue weighted by atomic mass is 10.2. The number of thiazole rings is 1. The molecule has 0 spiro atoms. The fourth-order valence-corrected chi connectivity index (χ4v) is 3.03. The highest BCUT2D eigenvalue weighted by Crippen LogP contribution is 2.30. The van der Waals surface area contributed by atoms with Crippen LogP contribution in [-0.4, -0.2) is 23.0 Å². The molecule has 1 aliphatic heterocycles. The normalized spacial score (nSPS) is 13.0. The number of ether oxygens (including phenoxy) is 1. The van der Waals surface area contributed by atoms with Gasteiger partial charge in [0, 0.05) is 29.7 Å². The fraction of sp³-hybridized carbons (Fsp3) is 0.267. The van der Waals surface area contributed by atoms with E-state index in [1.54, 1.807) is 28.1 Å². The van der Waals surface area contributed by atoms with Gasteiger partial charge in [-0.2, -0.15) is 0 Å². The molecule has 1 aliphatic rings. The zero-order valence-electron chi connectivity index (χ0n) is 12.4. The molecule has 0 radical (unpaired) electrons. The van der Waals surface area contributed by atoms with Gasteiger partial charge in [-0.3, -0.25) is 14.4 Å². The van der Waals surface area contributed by atoms with Gasteiger partial charge in [0.15, 0.2) is 6.61 Å². The van der Waals surface area contributed by atoms with E-state index >= 15 is 0 Å². The zero-order valence-corrected chi connectivity index (χ0v) is 13.2.